The van der Waals surface area contributed by atoms with Crippen LogP contribution in [0.4, 0.5) is 0 Å². The van der Waals surface area contributed by atoms with Crippen LogP contribution in [0.15, 0.2) is 85.1 Å². The van der Waals surface area contributed by atoms with Crippen LogP contribution in [0.5, 0.6) is 0 Å². The number of hydrogen-bond donors (Lipinski definition) is 6. The molecule has 1 amide bonds. The Labute approximate surface area is 495 Å². The van der Waals surface area contributed by atoms with Crippen LogP contribution in [-0.4, -0.2) is 100 Å². The third kappa shape index (κ3) is 47.8. The van der Waals surface area contributed by atoms with Gasteiger partial charge in [0, 0.05) is 12.8 Å². The Hall–Kier alpha value is -3.16. The number of aliphatic hydroxyl groups is 5. The Morgan fingerprint density at radius 1 is 0.481 bits per heavy atom. The van der Waals surface area contributed by atoms with Crippen LogP contribution in [0, 0.1) is 0 Å². The highest BCUT2D eigenvalue weighted by Gasteiger charge is 2.44. The standard InChI is InChI=1S/C70H123NO10/c1-3-5-7-9-11-13-14-34-38-42-46-50-54-58-66(75)79-59-55-51-47-43-39-36-33-31-29-27-25-23-21-19-17-15-16-18-20-22-24-26-28-30-32-35-37-41-45-49-53-57-65(74)71-62(63(73)56-52-48-44-40-12-10-8-6-4-2)61-80-70-69(78)68(77)67(76)64(60-72)81-70/h4,6-7,9,12-14,17,19,23,25,40,52,56,62-64,67-70,72-73,76-78H,3,5,8,10-11,15-16,18,20-22,24,26-39,41-51,53-55,57-61H2,1-2H3,(H,71,74)/b6-4+,9-7-,14-13-,19-17-,25-23-,40-12+,56-52+. The van der Waals surface area contributed by atoms with Gasteiger partial charge in [0.15, 0.2) is 6.29 Å². The van der Waals surface area contributed by atoms with Crippen molar-refractivity contribution in [3.63, 3.8) is 0 Å². The van der Waals surface area contributed by atoms with Gasteiger partial charge in [-0.3, -0.25) is 9.59 Å². The van der Waals surface area contributed by atoms with E-state index in [0.29, 0.717) is 19.4 Å². The van der Waals surface area contributed by atoms with E-state index in [4.69, 9.17) is 14.2 Å². The first-order valence-corrected chi connectivity index (χ1v) is 33.3. The number of rotatable bonds is 57. The molecule has 0 aromatic heterocycles. The second-order valence-corrected chi connectivity index (χ2v) is 22.8. The molecular weight excluding hydrogens is 1010 g/mol. The van der Waals surface area contributed by atoms with E-state index < -0.39 is 49.5 Å². The topological polar surface area (TPSA) is 175 Å². The maximum absolute atomic E-state index is 13.0. The minimum Gasteiger partial charge on any atom is -0.466 e. The fourth-order valence-electron chi connectivity index (χ4n) is 10.0. The lowest BCUT2D eigenvalue weighted by Gasteiger charge is -2.40. The van der Waals surface area contributed by atoms with Gasteiger partial charge in [-0.1, -0.05) is 246 Å². The van der Waals surface area contributed by atoms with Gasteiger partial charge in [0.25, 0.3) is 0 Å². The highest BCUT2D eigenvalue weighted by molar-refractivity contribution is 5.76. The first kappa shape index (κ1) is 75.9. The third-order valence-corrected chi connectivity index (χ3v) is 15.3. The molecule has 468 valence electrons. The normalized spacial score (nSPS) is 18.8. The summed E-state index contributed by atoms with van der Waals surface area (Å²) in [4.78, 5) is 25.0. The van der Waals surface area contributed by atoms with Gasteiger partial charge in [-0.25, -0.2) is 0 Å². The summed E-state index contributed by atoms with van der Waals surface area (Å²) < 4.78 is 16.7. The molecule has 0 spiro atoms. The van der Waals surface area contributed by atoms with Crippen LogP contribution < -0.4 is 5.32 Å². The molecule has 0 saturated carbocycles. The van der Waals surface area contributed by atoms with E-state index in [1.54, 1.807) is 6.08 Å². The SMILES string of the molecule is C/C=C/CC/C=C/CC/C=C/C(O)C(COC1OC(CO)C(O)C(O)C1O)NC(=O)CCCCCCCCCCCCCCCCC/C=C\C/C=C\CCCCCCCCCCCOC(=O)CCCCCCC/C=C\C/C=C\CCC. The van der Waals surface area contributed by atoms with E-state index in [1.807, 2.05) is 19.1 Å². The summed E-state index contributed by atoms with van der Waals surface area (Å²) in [7, 11) is 0. The van der Waals surface area contributed by atoms with Crippen molar-refractivity contribution in [2.45, 2.75) is 326 Å². The van der Waals surface area contributed by atoms with Crippen LogP contribution >= 0.6 is 0 Å². The van der Waals surface area contributed by atoms with Crippen molar-refractivity contribution >= 4 is 11.9 Å². The Bertz CT molecular complexity index is 1620. The zero-order chi connectivity index (χ0) is 58.7. The maximum Gasteiger partial charge on any atom is 0.305 e. The quantitative estimate of drug-likeness (QED) is 0.0195. The second-order valence-electron chi connectivity index (χ2n) is 22.8. The molecule has 81 heavy (non-hydrogen) atoms. The lowest BCUT2D eigenvalue weighted by atomic mass is 9.99. The zero-order valence-corrected chi connectivity index (χ0v) is 51.7. The summed E-state index contributed by atoms with van der Waals surface area (Å²) in [6.07, 6.45) is 70.3. The molecule has 11 nitrogen and oxygen atoms in total. The number of ether oxygens (including phenoxy) is 3. The van der Waals surface area contributed by atoms with E-state index in [9.17, 15) is 35.1 Å². The lowest BCUT2D eigenvalue weighted by molar-refractivity contribution is -0.302. The minimum absolute atomic E-state index is 0.0116. The monoisotopic (exact) mass is 1140 g/mol. The average molecular weight is 1140 g/mol. The highest BCUT2D eigenvalue weighted by atomic mass is 16.7. The predicted molar refractivity (Wildman–Crippen MR) is 338 cm³/mol. The number of unbranched alkanes of at least 4 members (excludes halogenated alkanes) is 32. The smallest absolute Gasteiger partial charge is 0.305 e. The van der Waals surface area contributed by atoms with Gasteiger partial charge in [-0.2, -0.15) is 0 Å². The van der Waals surface area contributed by atoms with Gasteiger partial charge >= 0.3 is 5.97 Å². The van der Waals surface area contributed by atoms with Gasteiger partial charge in [-0.15, -0.1) is 0 Å². The molecular formula is C70H123NO10. The van der Waals surface area contributed by atoms with E-state index >= 15 is 0 Å². The van der Waals surface area contributed by atoms with Crippen LogP contribution in [0.1, 0.15) is 284 Å². The number of amides is 1. The number of carbonyl (C=O) groups is 2. The van der Waals surface area contributed by atoms with E-state index in [0.717, 1.165) is 77.0 Å². The molecule has 0 bridgehead atoms. The molecule has 1 rings (SSSR count). The van der Waals surface area contributed by atoms with Crippen LogP contribution in [0.25, 0.3) is 0 Å². The molecule has 1 aliphatic rings. The lowest BCUT2D eigenvalue weighted by Crippen LogP contribution is -2.60. The Morgan fingerprint density at radius 3 is 1.36 bits per heavy atom. The van der Waals surface area contributed by atoms with Crippen LogP contribution in [0.2, 0.25) is 0 Å². The van der Waals surface area contributed by atoms with Gasteiger partial charge < -0.3 is 45.1 Å². The molecule has 7 atom stereocenters. The molecule has 6 N–H and O–H groups in total. The van der Waals surface area contributed by atoms with Crippen molar-refractivity contribution in [1.82, 2.24) is 5.32 Å². The van der Waals surface area contributed by atoms with E-state index in [2.05, 4.69) is 79.1 Å². The van der Waals surface area contributed by atoms with Crippen molar-refractivity contribution in [2.24, 2.45) is 0 Å². The first-order chi connectivity index (χ1) is 39.7. The largest absolute Gasteiger partial charge is 0.466 e. The number of allylic oxidation sites excluding steroid dienone is 13. The van der Waals surface area contributed by atoms with Gasteiger partial charge in [-0.05, 0) is 110 Å². The summed E-state index contributed by atoms with van der Waals surface area (Å²) in [5.41, 5.74) is 0. The molecule has 0 aliphatic carbocycles. The summed E-state index contributed by atoms with van der Waals surface area (Å²) >= 11 is 0. The van der Waals surface area contributed by atoms with Gasteiger partial charge in [0.2, 0.25) is 5.91 Å². The Morgan fingerprint density at radius 2 is 0.889 bits per heavy atom. The summed E-state index contributed by atoms with van der Waals surface area (Å²) in [6, 6.07) is -0.834. The molecule has 1 saturated heterocycles. The van der Waals surface area contributed by atoms with Crippen molar-refractivity contribution in [1.29, 1.82) is 0 Å². The predicted octanol–water partition coefficient (Wildman–Crippen LogP) is 16.5. The minimum atomic E-state index is -1.58. The maximum atomic E-state index is 13.0. The average Bonchev–Trinajstić information content (AvgIpc) is 3.48. The van der Waals surface area contributed by atoms with Crippen molar-refractivity contribution in [2.75, 3.05) is 19.8 Å². The zero-order valence-electron chi connectivity index (χ0n) is 51.7. The highest BCUT2D eigenvalue weighted by Crippen LogP contribution is 2.23. The fraction of sp³-hybridized carbons (Fsp3) is 0.771. The van der Waals surface area contributed by atoms with Crippen molar-refractivity contribution in [3.05, 3.63) is 85.1 Å². The summed E-state index contributed by atoms with van der Waals surface area (Å²) in [5.74, 6) is -0.211. The molecule has 1 fully saturated rings. The van der Waals surface area contributed by atoms with E-state index in [1.165, 1.54) is 180 Å². The number of hydrogen-bond acceptors (Lipinski definition) is 10. The van der Waals surface area contributed by atoms with E-state index in [-0.39, 0.29) is 18.5 Å². The summed E-state index contributed by atoms with van der Waals surface area (Å²) in [6.45, 7) is 4.02. The first-order valence-electron chi connectivity index (χ1n) is 33.3. The molecule has 0 aromatic rings. The fourth-order valence-corrected chi connectivity index (χ4v) is 10.0. The number of aliphatic hydroxyl groups excluding tert-OH is 5. The molecule has 1 heterocycles. The molecule has 7 unspecified atom stereocenters. The number of nitrogens with one attached hydrogen (secondary N) is 1. The van der Waals surface area contributed by atoms with Crippen LogP contribution in [-0.2, 0) is 23.8 Å². The molecule has 0 aromatic carbocycles. The Balaban J connectivity index is 1.95. The van der Waals surface area contributed by atoms with Crippen molar-refractivity contribution in [3.8, 4) is 0 Å². The van der Waals surface area contributed by atoms with Crippen LogP contribution in [0.3, 0.4) is 0 Å². The summed E-state index contributed by atoms with van der Waals surface area (Å²) in [5, 5.41) is 54.2. The Kier molecular flexibility index (Phi) is 54.9. The van der Waals surface area contributed by atoms with Crippen molar-refractivity contribution < 1.29 is 49.3 Å². The second kappa shape index (κ2) is 58.6. The number of esters is 1. The molecule has 0 radical (unpaired) electrons. The van der Waals surface area contributed by atoms with Gasteiger partial charge in [0.05, 0.1) is 32.0 Å². The van der Waals surface area contributed by atoms with Gasteiger partial charge in [0.1, 0.15) is 24.4 Å². The molecule has 11 heteroatoms. The third-order valence-electron chi connectivity index (χ3n) is 15.3. The molecule has 1 aliphatic heterocycles. The number of carbonyl (C=O) groups excluding carboxylic acids is 2.